The van der Waals surface area contributed by atoms with Gasteiger partial charge in [0.1, 0.15) is 5.75 Å². The Kier molecular flexibility index (Phi) is 3.50. The lowest BCUT2D eigenvalue weighted by molar-refractivity contribution is -0.0273. The summed E-state index contributed by atoms with van der Waals surface area (Å²) in [7, 11) is 0. The lowest BCUT2D eigenvalue weighted by Gasteiger charge is -2.39. The molecule has 1 N–H and O–H groups in total. The standard InChI is InChI=1S/C16H23NO2/c1-2-9-17-10-7-16(18,8-11-17)14-5-3-4-13-6-12-19-15(13)14/h3-5,18H,2,6-12H2,1H3. The normalized spacial score (nSPS) is 22.0. The van der Waals surface area contributed by atoms with Crippen molar-refractivity contribution in [2.45, 2.75) is 38.2 Å². The third kappa shape index (κ3) is 2.37. The molecule has 0 atom stereocenters. The SMILES string of the molecule is CCCN1CCC(O)(c2cccc3c2OCC3)CC1. The quantitative estimate of drug-likeness (QED) is 0.906. The van der Waals surface area contributed by atoms with Gasteiger partial charge in [0.25, 0.3) is 0 Å². The van der Waals surface area contributed by atoms with Gasteiger partial charge in [-0.15, -0.1) is 0 Å². The average Bonchev–Trinajstić information content (AvgIpc) is 2.90. The first-order valence-electron chi connectivity index (χ1n) is 7.43. The van der Waals surface area contributed by atoms with Crippen LogP contribution in [0.4, 0.5) is 0 Å². The molecule has 2 heterocycles. The number of hydrogen-bond acceptors (Lipinski definition) is 3. The van der Waals surface area contributed by atoms with Crippen molar-refractivity contribution in [3.8, 4) is 5.75 Å². The second-order valence-corrected chi connectivity index (χ2v) is 5.77. The molecule has 2 aliphatic rings. The Bertz CT molecular complexity index is 450. The van der Waals surface area contributed by atoms with Gasteiger partial charge in [0, 0.05) is 25.1 Å². The zero-order valence-corrected chi connectivity index (χ0v) is 11.7. The molecule has 0 aromatic heterocycles. The van der Waals surface area contributed by atoms with Crippen LogP contribution in [-0.4, -0.2) is 36.2 Å². The van der Waals surface area contributed by atoms with Crippen LogP contribution in [0.1, 0.15) is 37.3 Å². The van der Waals surface area contributed by atoms with Gasteiger partial charge in [0.05, 0.1) is 12.2 Å². The first kappa shape index (κ1) is 12.9. The van der Waals surface area contributed by atoms with E-state index in [0.717, 1.165) is 56.8 Å². The topological polar surface area (TPSA) is 32.7 Å². The Balaban J connectivity index is 1.81. The van der Waals surface area contributed by atoms with E-state index >= 15 is 0 Å². The zero-order chi connectivity index (χ0) is 13.3. The molecule has 1 aromatic rings. The van der Waals surface area contributed by atoms with Crippen molar-refractivity contribution >= 4 is 0 Å². The van der Waals surface area contributed by atoms with Crippen LogP contribution in [0.15, 0.2) is 18.2 Å². The summed E-state index contributed by atoms with van der Waals surface area (Å²) in [6.45, 7) is 6.06. The number of aliphatic hydroxyl groups is 1. The minimum absolute atomic E-state index is 0.695. The van der Waals surface area contributed by atoms with Gasteiger partial charge in [-0.2, -0.15) is 0 Å². The highest BCUT2D eigenvalue weighted by molar-refractivity contribution is 5.47. The number of nitrogens with zero attached hydrogens (tertiary/aromatic N) is 1. The van der Waals surface area contributed by atoms with Crippen LogP contribution >= 0.6 is 0 Å². The van der Waals surface area contributed by atoms with Gasteiger partial charge in [0.15, 0.2) is 0 Å². The number of piperidine rings is 1. The van der Waals surface area contributed by atoms with Crippen LogP contribution in [0.2, 0.25) is 0 Å². The van der Waals surface area contributed by atoms with Crippen LogP contribution in [0.25, 0.3) is 0 Å². The van der Waals surface area contributed by atoms with Gasteiger partial charge in [-0.3, -0.25) is 0 Å². The maximum atomic E-state index is 11.0. The summed E-state index contributed by atoms with van der Waals surface area (Å²) in [6, 6.07) is 6.21. The van der Waals surface area contributed by atoms with Crippen LogP contribution < -0.4 is 4.74 Å². The highest BCUT2D eigenvalue weighted by atomic mass is 16.5. The van der Waals surface area contributed by atoms with Crippen molar-refractivity contribution in [3.05, 3.63) is 29.3 Å². The molecule has 3 heteroatoms. The van der Waals surface area contributed by atoms with Gasteiger partial charge >= 0.3 is 0 Å². The number of likely N-dealkylation sites (tertiary alicyclic amines) is 1. The number of fused-ring (bicyclic) bond motifs is 1. The van der Waals surface area contributed by atoms with Crippen molar-refractivity contribution in [3.63, 3.8) is 0 Å². The van der Waals surface area contributed by atoms with E-state index in [1.165, 1.54) is 12.0 Å². The molecule has 1 saturated heterocycles. The second-order valence-electron chi connectivity index (χ2n) is 5.77. The average molecular weight is 261 g/mol. The van der Waals surface area contributed by atoms with Crippen molar-refractivity contribution in [1.82, 2.24) is 4.90 Å². The van der Waals surface area contributed by atoms with Crippen LogP contribution in [0.5, 0.6) is 5.75 Å². The van der Waals surface area contributed by atoms with Crippen LogP contribution in [-0.2, 0) is 12.0 Å². The number of hydrogen-bond donors (Lipinski definition) is 1. The summed E-state index contributed by atoms with van der Waals surface area (Å²) in [6.07, 6.45) is 3.78. The van der Waals surface area contributed by atoms with Crippen molar-refractivity contribution in [2.75, 3.05) is 26.2 Å². The fourth-order valence-electron chi connectivity index (χ4n) is 3.31. The molecule has 1 aromatic carbocycles. The van der Waals surface area contributed by atoms with Gasteiger partial charge < -0.3 is 14.7 Å². The van der Waals surface area contributed by atoms with E-state index in [1.807, 2.05) is 6.07 Å². The Morgan fingerprint density at radius 3 is 2.84 bits per heavy atom. The zero-order valence-electron chi connectivity index (χ0n) is 11.7. The summed E-state index contributed by atoms with van der Waals surface area (Å²) in [5.41, 5.74) is 1.57. The first-order valence-corrected chi connectivity index (χ1v) is 7.43. The third-order valence-corrected chi connectivity index (χ3v) is 4.44. The smallest absolute Gasteiger partial charge is 0.128 e. The van der Waals surface area contributed by atoms with E-state index < -0.39 is 5.60 Å². The molecule has 0 aliphatic carbocycles. The molecule has 0 spiro atoms. The molecule has 2 aliphatic heterocycles. The lowest BCUT2D eigenvalue weighted by atomic mass is 9.83. The summed E-state index contributed by atoms with van der Waals surface area (Å²) in [5, 5.41) is 11.0. The Morgan fingerprint density at radius 1 is 1.32 bits per heavy atom. The van der Waals surface area contributed by atoms with Crippen molar-refractivity contribution in [1.29, 1.82) is 0 Å². The molecule has 0 unspecified atom stereocenters. The lowest BCUT2D eigenvalue weighted by Crippen LogP contribution is -2.42. The Labute approximate surface area is 115 Å². The van der Waals surface area contributed by atoms with Crippen LogP contribution in [0.3, 0.4) is 0 Å². The first-order chi connectivity index (χ1) is 9.23. The van der Waals surface area contributed by atoms with E-state index in [1.54, 1.807) is 0 Å². The van der Waals surface area contributed by atoms with Crippen LogP contribution in [0, 0.1) is 0 Å². The van der Waals surface area contributed by atoms with Gasteiger partial charge in [0.2, 0.25) is 0 Å². The number of ether oxygens (including phenoxy) is 1. The number of benzene rings is 1. The van der Waals surface area contributed by atoms with E-state index in [2.05, 4.69) is 24.0 Å². The fraction of sp³-hybridized carbons (Fsp3) is 0.625. The van der Waals surface area contributed by atoms with E-state index in [4.69, 9.17) is 4.74 Å². The maximum absolute atomic E-state index is 11.0. The fourth-order valence-corrected chi connectivity index (χ4v) is 3.31. The second kappa shape index (κ2) is 5.14. The van der Waals surface area contributed by atoms with Crippen molar-refractivity contribution < 1.29 is 9.84 Å². The summed E-state index contributed by atoms with van der Waals surface area (Å²) >= 11 is 0. The third-order valence-electron chi connectivity index (χ3n) is 4.44. The minimum atomic E-state index is -0.695. The van der Waals surface area contributed by atoms with E-state index in [0.29, 0.717) is 0 Å². The van der Waals surface area contributed by atoms with Crippen molar-refractivity contribution in [2.24, 2.45) is 0 Å². The molecule has 104 valence electrons. The molecule has 0 amide bonds. The summed E-state index contributed by atoms with van der Waals surface area (Å²) < 4.78 is 5.75. The van der Waals surface area contributed by atoms with E-state index in [-0.39, 0.29) is 0 Å². The number of para-hydroxylation sites is 1. The monoisotopic (exact) mass is 261 g/mol. The molecule has 3 rings (SSSR count). The highest BCUT2D eigenvalue weighted by Gasteiger charge is 2.37. The predicted octanol–water partition coefficient (Wildman–Crippen LogP) is 2.31. The Hall–Kier alpha value is -1.06. The molecule has 0 radical (unpaired) electrons. The van der Waals surface area contributed by atoms with E-state index in [9.17, 15) is 5.11 Å². The molecular weight excluding hydrogens is 238 g/mol. The molecule has 3 nitrogen and oxygen atoms in total. The number of rotatable bonds is 3. The molecule has 1 fully saturated rings. The highest BCUT2D eigenvalue weighted by Crippen LogP contribution is 2.41. The molecule has 0 bridgehead atoms. The van der Waals surface area contributed by atoms with Gasteiger partial charge in [-0.25, -0.2) is 0 Å². The largest absolute Gasteiger partial charge is 0.493 e. The maximum Gasteiger partial charge on any atom is 0.128 e. The molecule has 0 saturated carbocycles. The molecule has 19 heavy (non-hydrogen) atoms. The molecular formula is C16H23NO2. The summed E-state index contributed by atoms with van der Waals surface area (Å²) in [5.74, 6) is 0.953. The summed E-state index contributed by atoms with van der Waals surface area (Å²) in [4.78, 5) is 2.44. The Morgan fingerprint density at radius 2 is 2.11 bits per heavy atom. The minimum Gasteiger partial charge on any atom is -0.493 e. The predicted molar refractivity (Wildman–Crippen MR) is 75.5 cm³/mol. The van der Waals surface area contributed by atoms with Gasteiger partial charge in [-0.05, 0) is 31.4 Å². The van der Waals surface area contributed by atoms with Gasteiger partial charge in [-0.1, -0.05) is 25.1 Å².